The maximum atomic E-state index is 11.1. The lowest BCUT2D eigenvalue weighted by Gasteiger charge is -2.22. The van der Waals surface area contributed by atoms with Crippen LogP contribution in [0.15, 0.2) is 0 Å². The molecule has 0 saturated heterocycles. The molecule has 0 bridgehead atoms. The number of carbonyl (C=O) groups excluding carboxylic acids is 2. The second-order valence-electron chi connectivity index (χ2n) is 2.56. The Morgan fingerprint density at radius 3 is 1.47 bits per heavy atom. The highest BCUT2D eigenvalue weighted by Crippen LogP contribution is 2.11. The van der Waals surface area contributed by atoms with Crippen LogP contribution in [0.2, 0.25) is 0 Å². The smallest absolute Gasteiger partial charge is 0.442 e. The number of hydrogen-bond donors (Lipinski definition) is 0. The molecule has 0 unspecified atom stereocenters. The first-order chi connectivity index (χ1) is 7.03. The predicted molar refractivity (Wildman–Crippen MR) is 52.5 cm³/mol. The van der Waals surface area contributed by atoms with Crippen molar-refractivity contribution < 1.29 is 27.3 Å². The average Bonchev–Trinajstić information content (AvgIpc) is 2.27. The Hall–Kier alpha value is -0.923. The van der Waals surface area contributed by atoms with Crippen molar-refractivity contribution in [3.8, 4) is 0 Å². The van der Waals surface area contributed by atoms with E-state index in [2.05, 4.69) is 0 Å². The van der Waals surface area contributed by atoms with Gasteiger partial charge in [0.05, 0.1) is 0 Å². The molecular weight excluding hydrogens is 220 g/mol. The first-order valence-corrected chi connectivity index (χ1v) is 6.20. The minimum atomic E-state index is -3.61. The molecule has 6 nitrogen and oxygen atoms in total. The van der Waals surface area contributed by atoms with Gasteiger partial charge in [-0.1, -0.05) is 13.8 Å². The van der Waals surface area contributed by atoms with E-state index in [1.807, 2.05) is 0 Å². The minimum Gasteiger partial charge on any atom is -0.442 e. The van der Waals surface area contributed by atoms with Crippen molar-refractivity contribution in [1.82, 2.24) is 0 Å². The largest absolute Gasteiger partial charge is 0.824 e. The molecule has 0 aliphatic carbocycles. The lowest BCUT2D eigenvalue weighted by Crippen LogP contribution is -2.50. The Morgan fingerprint density at radius 1 is 0.933 bits per heavy atom. The van der Waals surface area contributed by atoms with Gasteiger partial charge in [0.2, 0.25) is 0 Å². The van der Waals surface area contributed by atoms with Crippen molar-refractivity contribution in [2.24, 2.45) is 0 Å². The molecule has 0 fully saturated rings. The summed E-state index contributed by atoms with van der Waals surface area (Å²) in [6.07, 6.45) is 0.316. The fourth-order valence-electron chi connectivity index (χ4n) is 0.694. The van der Waals surface area contributed by atoms with Crippen molar-refractivity contribution >= 4 is 21.0 Å². The fourth-order valence-corrected chi connectivity index (χ4v) is 2.08. The molecule has 0 atom stereocenters. The molecule has 7 heteroatoms. The summed E-state index contributed by atoms with van der Waals surface area (Å²) >= 11 is 0. The monoisotopic (exact) mass is 236 g/mol. The summed E-state index contributed by atoms with van der Waals surface area (Å²) in [5.74, 6) is -1.07. The standard InChI is InChI=1S/C8H16O6Si/c1-5-7(9)13-15(11-3,12-4)14-8(10)6-2/h5-6H2,1-4H3. The summed E-state index contributed by atoms with van der Waals surface area (Å²) in [5, 5.41) is 0. The second kappa shape index (κ2) is 6.54. The van der Waals surface area contributed by atoms with Crippen molar-refractivity contribution in [2.75, 3.05) is 14.2 Å². The van der Waals surface area contributed by atoms with Crippen LogP contribution in [-0.4, -0.2) is 35.2 Å². The molecule has 0 saturated carbocycles. The minimum absolute atomic E-state index is 0.158. The topological polar surface area (TPSA) is 71.1 Å². The van der Waals surface area contributed by atoms with Crippen molar-refractivity contribution in [1.29, 1.82) is 0 Å². The van der Waals surface area contributed by atoms with Gasteiger partial charge in [-0.2, -0.15) is 0 Å². The summed E-state index contributed by atoms with van der Waals surface area (Å²) < 4.78 is 19.5. The molecule has 0 amide bonds. The zero-order valence-corrected chi connectivity index (χ0v) is 10.4. The van der Waals surface area contributed by atoms with Crippen LogP contribution in [0.5, 0.6) is 0 Å². The average molecular weight is 236 g/mol. The molecular formula is C8H16O6Si. The van der Waals surface area contributed by atoms with Gasteiger partial charge in [0.25, 0.3) is 11.9 Å². The van der Waals surface area contributed by atoms with Gasteiger partial charge >= 0.3 is 9.05 Å². The van der Waals surface area contributed by atoms with Gasteiger partial charge in [-0.05, 0) is 0 Å². The van der Waals surface area contributed by atoms with Crippen LogP contribution >= 0.6 is 0 Å². The van der Waals surface area contributed by atoms with Crippen molar-refractivity contribution in [2.45, 2.75) is 26.7 Å². The molecule has 0 aliphatic rings. The number of rotatable bonds is 6. The fraction of sp³-hybridized carbons (Fsp3) is 0.750. The molecule has 0 spiro atoms. The van der Waals surface area contributed by atoms with Gasteiger partial charge in [0.1, 0.15) is 0 Å². The summed E-state index contributed by atoms with van der Waals surface area (Å²) in [4.78, 5) is 22.2. The molecule has 0 aliphatic heterocycles. The van der Waals surface area contributed by atoms with E-state index in [1.54, 1.807) is 13.8 Å². The van der Waals surface area contributed by atoms with Crippen molar-refractivity contribution in [3.05, 3.63) is 0 Å². The van der Waals surface area contributed by atoms with Crippen LogP contribution in [0.3, 0.4) is 0 Å². The third kappa shape index (κ3) is 4.41. The Balaban J connectivity index is 4.56. The van der Waals surface area contributed by atoms with Crippen LogP contribution in [0.4, 0.5) is 0 Å². The summed E-state index contributed by atoms with van der Waals surface area (Å²) in [6, 6.07) is 0. The summed E-state index contributed by atoms with van der Waals surface area (Å²) in [7, 11) is -1.08. The maximum Gasteiger partial charge on any atom is 0.824 e. The van der Waals surface area contributed by atoms with Crippen molar-refractivity contribution in [3.63, 3.8) is 0 Å². The predicted octanol–water partition coefficient (Wildman–Crippen LogP) is 0.621. The Kier molecular flexibility index (Phi) is 6.14. The molecule has 0 heterocycles. The van der Waals surface area contributed by atoms with Crippen LogP contribution in [-0.2, 0) is 27.3 Å². The van der Waals surface area contributed by atoms with E-state index in [9.17, 15) is 9.59 Å². The van der Waals surface area contributed by atoms with Gasteiger partial charge in [-0.25, -0.2) is 0 Å². The van der Waals surface area contributed by atoms with Gasteiger partial charge in [-0.15, -0.1) is 0 Å². The van der Waals surface area contributed by atoms with Gasteiger partial charge < -0.3 is 17.7 Å². The molecule has 88 valence electrons. The molecule has 15 heavy (non-hydrogen) atoms. The van der Waals surface area contributed by atoms with Gasteiger partial charge in [-0.3, -0.25) is 9.59 Å². The van der Waals surface area contributed by atoms with E-state index in [4.69, 9.17) is 17.7 Å². The highest BCUT2D eigenvalue weighted by molar-refractivity contribution is 6.57. The van der Waals surface area contributed by atoms with E-state index >= 15 is 0 Å². The van der Waals surface area contributed by atoms with Crippen LogP contribution in [0, 0.1) is 0 Å². The zero-order chi connectivity index (χ0) is 11.9. The highest BCUT2D eigenvalue weighted by Gasteiger charge is 2.52. The third-order valence-electron chi connectivity index (χ3n) is 1.56. The highest BCUT2D eigenvalue weighted by atomic mass is 28.4. The van der Waals surface area contributed by atoms with Crippen LogP contribution in [0.1, 0.15) is 26.7 Å². The lowest BCUT2D eigenvalue weighted by molar-refractivity contribution is -0.151. The van der Waals surface area contributed by atoms with Gasteiger partial charge in [0, 0.05) is 27.1 Å². The normalized spacial score (nSPS) is 10.9. The Morgan fingerprint density at radius 2 is 1.27 bits per heavy atom. The first kappa shape index (κ1) is 14.1. The van der Waals surface area contributed by atoms with E-state index < -0.39 is 21.0 Å². The quantitative estimate of drug-likeness (QED) is 0.630. The molecule has 0 aromatic heterocycles. The molecule has 0 aromatic carbocycles. The van der Waals surface area contributed by atoms with E-state index in [1.165, 1.54) is 14.2 Å². The Bertz CT molecular complexity index is 205. The molecule has 0 rings (SSSR count). The van der Waals surface area contributed by atoms with Crippen LogP contribution < -0.4 is 0 Å². The third-order valence-corrected chi connectivity index (χ3v) is 3.51. The van der Waals surface area contributed by atoms with E-state index in [0.29, 0.717) is 0 Å². The summed E-state index contributed by atoms with van der Waals surface area (Å²) in [5.41, 5.74) is 0. The molecule has 0 aromatic rings. The van der Waals surface area contributed by atoms with Crippen LogP contribution in [0.25, 0.3) is 0 Å². The van der Waals surface area contributed by atoms with E-state index in [0.717, 1.165) is 0 Å². The zero-order valence-electron chi connectivity index (χ0n) is 9.36. The number of carbonyl (C=O) groups is 2. The molecule has 0 radical (unpaired) electrons. The van der Waals surface area contributed by atoms with Gasteiger partial charge in [0.15, 0.2) is 0 Å². The Labute approximate surface area is 89.9 Å². The first-order valence-electron chi connectivity index (χ1n) is 4.57. The number of hydrogen-bond acceptors (Lipinski definition) is 6. The SMILES string of the molecule is CCC(=O)O[Si](OC)(OC)OC(=O)CC. The van der Waals surface area contributed by atoms with E-state index in [-0.39, 0.29) is 12.8 Å². The lowest BCUT2D eigenvalue weighted by atomic mass is 10.5. The summed E-state index contributed by atoms with van der Waals surface area (Å²) in [6.45, 7) is 3.24. The molecule has 0 N–H and O–H groups in total. The second-order valence-corrected chi connectivity index (χ2v) is 4.79. The maximum absolute atomic E-state index is 11.1.